The number of rotatable bonds is 7. The Kier molecular flexibility index (Phi) is 6.69. The maximum atomic E-state index is 12.7. The lowest BCUT2D eigenvalue weighted by molar-refractivity contribution is -0.137. The topological polar surface area (TPSA) is 14.1 Å². The molecule has 0 aliphatic rings. The van der Waals surface area contributed by atoms with Gasteiger partial charge in [0.25, 0.3) is 0 Å². The first-order chi connectivity index (χ1) is 12.1. The summed E-state index contributed by atoms with van der Waals surface area (Å²) < 4.78 is 38.2. The van der Waals surface area contributed by atoms with Crippen LogP contribution in [0.15, 0.2) is 48.5 Å². The average Bonchev–Trinajstić information content (AvgIpc) is 2.58. The molecular formula is C21H27F3NSi-. The molecule has 0 fully saturated rings. The molecule has 0 bridgehead atoms. The molecule has 0 amide bonds. The quantitative estimate of drug-likeness (QED) is 0.405. The number of hydrogen-bond donors (Lipinski definition) is 0. The minimum atomic E-state index is -4.29. The molecule has 2 aromatic carbocycles. The fraction of sp³-hybridized carbons (Fsp3) is 0.429. The second-order valence-electron chi connectivity index (χ2n) is 7.63. The Hall–Kier alpha value is -1.59. The van der Waals surface area contributed by atoms with E-state index in [1.165, 1.54) is 17.3 Å². The molecule has 2 aromatic rings. The van der Waals surface area contributed by atoms with Gasteiger partial charge in [-0.3, -0.25) is 0 Å². The standard InChI is InChI=1S/C21H27F3NSi/c1-16(2)26(3,4)20-10-8-18(9-11-20)15-25-13-12-17-6-5-7-19(14-17)21(22,23)24/h5-11,14,16H,12-13,15H2,1-4H3/q-1. The third-order valence-electron chi connectivity index (χ3n) is 5.25. The second-order valence-corrected chi connectivity index (χ2v) is 12.8. The van der Waals surface area contributed by atoms with Gasteiger partial charge in [0.05, 0.1) is 13.6 Å². The number of benzene rings is 2. The van der Waals surface area contributed by atoms with Crippen molar-refractivity contribution < 1.29 is 13.2 Å². The van der Waals surface area contributed by atoms with E-state index in [9.17, 15) is 13.2 Å². The normalized spacial score (nSPS) is 12.6. The summed E-state index contributed by atoms with van der Waals surface area (Å²) in [6, 6.07) is 14.2. The van der Waals surface area contributed by atoms with Crippen LogP contribution in [0.4, 0.5) is 13.2 Å². The Balaban J connectivity index is 1.85. The molecule has 0 heterocycles. The monoisotopic (exact) mass is 378 g/mol. The Morgan fingerprint density at radius 1 is 0.962 bits per heavy atom. The van der Waals surface area contributed by atoms with Crippen LogP contribution in [-0.2, 0) is 19.1 Å². The molecule has 0 atom stereocenters. The van der Waals surface area contributed by atoms with Gasteiger partial charge >= 0.3 is 6.18 Å². The minimum absolute atomic E-state index is 0.523. The minimum Gasteiger partial charge on any atom is -0.658 e. The van der Waals surface area contributed by atoms with Crippen molar-refractivity contribution in [3.63, 3.8) is 0 Å². The highest BCUT2D eigenvalue weighted by molar-refractivity contribution is 6.90. The lowest BCUT2D eigenvalue weighted by Gasteiger charge is -2.28. The summed E-state index contributed by atoms with van der Waals surface area (Å²) in [7, 11) is -1.41. The molecule has 0 saturated carbocycles. The van der Waals surface area contributed by atoms with Gasteiger partial charge in [-0.25, -0.2) is 0 Å². The molecule has 0 aliphatic carbocycles. The highest BCUT2D eigenvalue weighted by Crippen LogP contribution is 2.29. The van der Waals surface area contributed by atoms with Crippen molar-refractivity contribution in [3.05, 3.63) is 70.5 Å². The summed E-state index contributed by atoms with van der Waals surface area (Å²) in [6.07, 6.45) is -3.77. The van der Waals surface area contributed by atoms with Crippen LogP contribution in [0.2, 0.25) is 18.6 Å². The molecule has 1 nitrogen and oxygen atoms in total. The molecule has 142 valence electrons. The van der Waals surface area contributed by atoms with Crippen LogP contribution in [0.3, 0.4) is 0 Å². The maximum absolute atomic E-state index is 12.7. The van der Waals surface area contributed by atoms with E-state index in [1.54, 1.807) is 6.07 Å². The largest absolute Gasteiger partial charge is 0.658 e. The summed E-state index contributed by atoms with van der Waals surface area (Å²) in [5.41, 5.74) is 1.91. The first kappa shape index (κ1) is 20.7. The molecule has 0 aliphatic heterocycles. The van der Waals surface area contributed by atoms with E-state index < -0.39 is 19.8 Å². The van der Waals surface area contributed by atoms with Crippen molar-refractivity contribution >= 4 is 13.3 Å². The summed E-state index contributed by atoms with van der Waals surface area (Å²) in [5, 5.41) is 5.93. The van der Waals surface area contributed by atoms with E-state index >= 15 is 0 Å². The van der Waals surface area contributed by atoms with Gasteiger partial charge in [-0.1, -0.05) is 80.2 Å². The van der Waals surface area contributed by atoms with Crippen molar-refractivity contribution in [1.82, 2.24) is 0 Å². The summed E-state index contributed by atoms with van der Waals surface area (Å²) in [4.78, 5) is 0. The third kappa shape index (κ3) is 5.45. The van der Waals surface area contributed by atoms with Crippen LogP contribution in [-0.4, -0.2) is 14.6 Å². The highest BCUT2D eigenvalue weighted by atomic mass is 28.3. The van der Waals surface area contributed by atoms with Crippen LogP contribution in [0.25, 0.3) is 5.32 Å². The lowest BCUT2D eigenvalue weighted by Crippen LogP contribution is -2.44. The summed E-state index contributed by atoms with van der Waals surface area (Å²) in [6.45, 7) is 10.4. The molecule has 0 radical (unpaired) electrons. The second kappa shape index (κ2) is 8.40. The first-order valence-corrected chi connectivity index (χ1v) is 12.1. The van der Waals surface area contributed by atoms with Gasteiger partial charge in [-0.05, 0) is 23.6 Å². The van der Waals surface area contributed by atoms with Crippen LogP contribution in [0.5, 0.6) is 0 Å². The fourth-order valence-electron chi connectivity index (χ4n) is 2.69. The van der Waals surface area contributed by atoms with Crippen molar-refractivity contribution in [2.75, 3.05) is 6.54 Å². The van der Waals surface area contributed by atoms with Crippen LogP contribution < -0.4 is 5.19 Å². The molecular weight excluding hydrogens is 351 g/mol. The Morgan fingerprint density at radius 3 is 2.19 bits per heavy atom. The zero-order chi connectivity index (χ0) is 19.4. The number of alkyl halides is 3. The van der Waals surface area contributed by atoms with Crippen LogP contribution >= 0.6 is 0 Å². The Morgan fingerprint density at radius 2 is 1.62 bits per heavy atom. The van der Waals surface area contributed by atoms with Crippen molar-refractivity contribution in [1.29, 1.82) is 0 Å². The molecule has 0 saturated heterocycles. The molecule has 0 spiro atoms. The van der Waals surface area contributed by atoms with E-state index in [1.807, 2.05) is 0 Å². The van der Waals surface area contributed by atoms with Gasteiger partial charge < -0.3 is 5.32 Å². The van der Waals surface area contributed by atoms with Gasteiger partial charge in [-0.2, -0.15) is 13.2 Å². The van der Waals surface area contributed by atoms with Gasteiger partial charge in [0.15, 0.2) is 0 Å². The predicted octanol–water partition coefficient (Wildman–Crippen LogP) is 6.15. The third-order valence-corrected chi connectivity index (χ3v) is 9.96. The summed E-state index contributed by atoms with van der Waals surface area (Å²) in [5.74, 6) is 0. The first-order valence-electron chi connectivity index (χ1n) is 8.99. The number of halogens is 3. The zero-order valence-electron chi connectivity index (χ0n) is 15.9. The van der Waals surface area contributed by atoms with E-state index in [2.05, 4.69) is 56.5 Å². The van der Waals surface area contributed by atoms with Gasteiger partial charge in [0.2, 0.25) is 0 Å². The van der Waals surface area contributed by atoms with Gasteiger partial charge in [0, 0.05) is 0 Å². The van der Waals surface area contributed by atoms with Crippen molar-refractivity contribution in [2.45, 2.75) is 51.6 Å². The molecule has 0 aromatic heterocycles. The van der Waals surface area contributed by atoms with Crippen LogP contribution in [0, 0.1) is 0 Å². The van der Waals surface area contributed by atoms with Crippen molar-refractivity contribution in [2.24, 2.45) is 0 Å². The average molecular weight is 379 g/mol. The lowest BCUT2D eigenvalue weighted by atomic mass is 10.1. The Bertz CT molecular complexity index is 706. The smallest absolute Gasteiger partial charge is 0.416 e. The van der Waals surface area contributed by atoms with Gasteiger partial charge in [0.1, 0.15) is 0 Å². The fourth-order valence-corrected chi connectivity index (χ4v) is 4.38. The molecule has 0 unspecified atom stereocenters. The van der Waals surface area contributed by atoms with E-state index in [0.29, 0.717) is 30.6 Å². The zero-order valence-corrected chi connectivity index (χ0v) is 16.9. The van der Waals surface area contributed by atoms with Crippen LogP contribution in [0.1, 0.15) is 30.5 Å². The molecule has 5 heteroatoms. The number of hydrogen-bond acceptors (Lipinski definition) is 0. The highest BCUT2D eigenvalue weighted by Gasteiger charge is 2.30. The molecule has 2 rings (SSSR count). The van der Waals surface area contributed by atoms with E-state index in [-0.39, 0.29) is 0 Å². The number of nitrogens with zero attached hydrogens (tertiary/aromatic N) is 1. The van der Waals surface area contributed by atoms with Crippen molar-refractivity contribution in [3.8, 4) is 0 Å². The SMILES string of the molecule is CC(C)[Si](C)(C)c1ccc(C[N-]CCc2cccc(C(F)(F)F)c2)cc1. The predicted molar refractivity (Wildman–Crippen MR) is 106 cm³/mol. The Labute approximate surface area is 155 Å². The molecule has 26 heavy (non-hydrogen) atoms. The summed E-state index contributed by atoms with van der Waals surface area (Å²) >= 11 is 0. The maximum Gasteiger partial charge on any atom is 0.416 e. The van der Waals surface area contributed by atoms with Gasteiger partial charge in [-0.15, -0.1) is 13.1 Å². The van der Waals surface area contributed by atoms with E-state index in [4.69, 9.17) is 0 Å². The van der Waals surface area contributed by atoms with E-state index in [0.717, 1.165) is 11.6 Å². The molecule has 0 N–H and O–H groups in total.